The summed E-state index contributed by atoms with van der Waals surface area (Å²) in [6.45, 7) is 3.36. The molecule has 0 saturated heterocycles. The van der Waals surface area contributed by atoms with Crippen molar-refractivity contribution in [3.05, 3.63) is 24.0 Å². The fourth-order valence-corrected chi connectivity index (χ4v) is 1.24. The quantitative estimate of drug-likeness (QED) is 0.472. The maximum absolute atomic E-state index is 13.3. The van der Waals surface area contributed by atoms with Gasteiger partial charge in [-0.3, -0.25) is 0 Å². The normalized spacial score (nSPS) is 10.2. The molecule has 18 heavy (non-hydrogen) atoms. The first-order valence-corrected chi connectivity index (χ1v) is 5.62. The molecule has 7 heteroatoms. The van der Waals surface area contributed by atoms with E-state index >= 15 is 0 Å². The van der Waals surface area contributed by atoms with Crippen LogP contribution in [0.15, 0.2) is 18.2 Å². The fraction of sp³-hybridized carbons (Fsp3) is 0.455. The van der Waals surface area contributed by atoms with Crippen molar-refractivity contribution in [2.75, 3.05) is 19.8 Å². The topological polar surface area (TPSA) is 73.8 Å². The highest BCUT2D eigenvalue weighted by Crippen LogP contribution is 2.22. The predicted molar refractivity (Wildman–Crippen MR) is 59.4 cm³/mol. The van der Waals surface area contributed by atoms with Gasteiger partial charge in [-0.05, 0) is 18.6 Å². The van der Waals surface area contributed by atoms with E-state index in [4.69, 9.17) is 9.47 Å². The molecule has 0 aliphatic heterocycles. The largest absolute Gasteiger partial charge is 0.860 e. The number of hydrogen-bond acceptors (Lipinski definition) is 5. The number of ether oxygens (including phenoxy) is 2. The van der Waals surface area contributed by atoms with Gasteiger partial charge in [-0.1, -0.05) is 6.92 Å². The van der Waals surface area contributed by atoms with E-state index in [1.807, 2.05) is 6.92 Å². The molecule has 0 saturated carbocycles. The SMILES string of the molecule is CCCOCCOc1ccc(OB([O-])[O-])c(F)c1. The van der Waals surface area contributed by atoms with Crippen LogP contribution in [0.4, 0.5) is 4.39 Å². The lowest BCUT2D eigenvalue weighted by Crippen LogP contribution is -2.50. The van der Waals surface area contributed by atoms with Gasteiger partial charge < -0.3 is 24.2 Å². The third-order valence-electron chi connectivity index (χ3n) is 1.97. The maximum Gasteiger partial charge on any atom is 0.166 e. The molecule has 0 amide bonds. The van der Waals surface area contributed by atoms with Crippen molar-refractivity contribution < 1.29 is 28.6 Å². The van der Waals surface area contributed by atoms with Crippen LogP contribution < -0.4 is 19.4 Å². The highest BCUT2D eigenvalue weighted by atomic mass is 19.1. The van der Waals surface area contributed by atoms with Crippen molar-refractivity contribution in [2.24, 2.45) is 0 Å². The van der Waals surface area contributed by atoms with E-state index in [0.29, 0.717) is 19.8 Å². The molecule has 0 spiro atoms. The summed E-state index contributed by atoms with van der Waals surface area (Å²) >= 11 is 0. The first kappa shape index (κ1) is 14.8. The molecule has 0 atom stereocenters. The third-order valence-corrected chi connectivity index (χ3v) is 1.97. The Labute approximate surface area is 105 Å². The molecule has 0 bridgehead atoms. The predicted octanol–water partition coefficient (Wildman–Crippen LogP) is -0.285. The molecule has 0 heterocycles. The van der Waals surface area contributed by atoms with Gasteiger partial charge in [0.25, 0.3) is 0 Å². The van der Waals surface area contributed by atoms with Crippen LogP contribution in [0, 0.1) is 5.82 Å². The molecular weight excluding hydrogens is 242 g/mol. The van der Waals surface area contributed by atoms with E-state index in [0.717, 1.165) is 12.5 Å². The number of benzene rings is 1. The highest BCUT2D eigenvalue weighted by molar-refractivity contribution is 6.29. The number of rotatable bonds is 8. The minimum Gasteiger partial charge on any atom is -0.860 e. The molecule has 100 valence electrons. The molecule has 0 fully saturated rings. The Bertz CT molecular complexity index is 361. The summed E-state index contributed by atoms with van der Waals surface area (Å²) in [5, 5.41) is 20.4. The van der Waals surface area contributed by atoms with Gasteiger partial charge in [-0.15, -0.1) is 0 Å². The number of halogens is 1. The first-order valence-electron chi connectivity index (χ1n) is 5.62. The van der Waals surface area contributed by atoms with Crippen LogP contribution in [0.5, 0.6) is 11.5 Å². The van der Waals surface area contributed by atoms with E-state index in [1.54, 1.807) is 0 Å². The van der Waals surface area contributed by atoms with Crippen LogP contribution in [-0.2, 0) is 4.74 Å². The maximum atomic E-state index is 13.3. The van der Waals surface area contributed by atoms with Gasteiger partial charge in [-0.2, -0.15) is 0 Å². The van der Waals surface area contributed by atoms with Gasteiger partial charge in [0.05, 0.1) is 6.61 Å². The standard InChI is InChI=1S/C11H14BFO5/c1-2-5-16-6-7-17-9-3-4-11(10(13)8-9)18-12(14)15/h3-4,8H,2,5-7H2,1H3/q-2. The smallest absolute Gasteiger partial charge is 0.166 e. The molecule has 0 N–H and O–H groups in total. The van der Waals surface area contributed by atoms with E-state index in [2.05, 4.69) is 4.65 Å². The summed E-state index contributed by atoms with van der Waals surface area (Å²) in [5.41, 5.74) is 0. The molecule has 0 aliphatic rings. The Morgan fingerprint density at radius 2 is 2.00 bits per heavy atom. The van der Waals surface area contributed by atoms with Gasteiger partial charge in [-0.25, -0.2) is 4.39 Å². The summed E-state index contributed by atoms with van der Waals surface area (Å²) in [5.74, 6) is -0.897. The van der Waals surface area contributed by atoms with E-state index in [-0.39, 0.29) is 11.5 Å². The second-order valence-electron chi connectivity index (χ2n) is 3.46. The summed E-state index contributed by atoms with van der Waals surface area (Å²) in [4.78, 5) is 0. The van der Waals surface area contributed by atoms with Crippen LogP contribution in [0.2, 0.25) is 0 Å². The van der Waals surface area contributed by atoms with E-state index < -0.39 is 13.1 Å². The first-order chi connectivity index (χ1) is 8.63. The Morgan fingerprint density at radius 1 is 1.22 bits per heavy atom. The van der Waals surface area contributed by atoms with E-state index in [1.165, 1.54) is 12.1 Å². The minimum absolute atomic E-state index is 0.285. The summed E-state index contributed by atoms with van der Waals surface area (Å²) in [6.07, 6.45) is 0.923. The van der Waals surface area contributed by atoms with Crippen molar-refractivity contribution in [1.29, 1.82) is 0 Å². The fourth-order valence-electron chi connectivity index (χ4n) is 1.24. The second-order valence-corrected chi connectivity index (χ2v) is 3.46. The summed E-state index contributed by atoms with van der Waals surface area (Å²) in [7, 11) is -2.55. The Kier molecular flexibility index (Phi) is 6.49. The van der Waals surface area contributed by atoms with Gasteiger partial charge in [0.15, 0.2) is 5.82 Å². The molecule has 5 nitrogen and oxygen atoms in total. The lowest BCUT2D eigenvalue weighted by atomic mass is 10.2. The average molecular weight is 256 g/mol. The molecule has 0 unspecified atom stereocenters. The molecule has 0 aliphatic carbocycles. The number of hydrogen-bond donors (Lipinski definition) is 0. The van der Waals surface area contributed by atoms with Crippen molar-refractivity contribution >= 4 is 7.32 Å². The molecule has 1 rings (SSSR count). The van der Waals surface area contributed by atoms with Crippen molar-refractivity contribution in [3.63, 3.8) is 0 Å². The molecule has 0 radical (unpaired) electrons. The molecule has 1 aromatic carbocycles. The molecule has 0 aromatic heterocycles. The van der Waals surface area contributed by atoms with Crippen LogP contribution >= 0.6 is 0 Å². The van der Waals surface area contributed by atoms with Crippen molar-refractivity contribution in [3.8, 4) is 11.5 Å². The second kappa shape index (κ2) is 7.91. The Hall–Kier alpha value is -1.31. The van der Waals surface area contributed by atoms with Crippen molar-refractivity contribution in [1.82, 2.24) is 0 Å². The molecular formula is C11H14BFO5-2. The zero-order chi connectivity index (χ0) is 13.4. The monoisotopic (exact) mass is 256 g/mol. The lowest BCUT2D eigenvalue weighted by molar-refractivity contribution is -0.372. The van der Waals surface area contributed by atoms with Gasteiger partial charge in [0.1, 0.15) is 25.4 Å². The lowest BCUT2D eigenvalue weighted by Gasteiger charge is -2.26. The zero-order valence-electron chi connectivity index (χ0n) is 10.1. The Morgan fingerprint density at radius 3 is 2.61 bits per heavy atom. The van der Waals surface area contributed by atoms with Crippen LogP contribution in [0.3, 0.4) is 0 Å². The van der Waals surface area contributed by atoms with E-state index in [9.17, 15) is 14.4 Å². The molecule has 1 aromatic rings. The van der Waals surface area contributed by atoms with Gasteiger partial charge in [0.2, 0.25) is 0 Å². The van der Waals surface area contributed by atoms with Crippen LogP contribution in [0.25, 0.3) is 0 Å². The minimum atomic E-state index is -2.55. The third kappa shape index (κ3) is 5.35. The van der Waals surface area contributed by atoms with Gasteiger partial charge in [0, 0.05) is 12.7 Å². The van der Waals surface area contributed by atoms with Gasteiger partial charge >= 0.3 is 0 Å². The summed E-state index contributed by atoms with van der Waals surface area (Å²) < 4.78 is 27.9. The summed E-state index contributed by atoms with van der Waals surface area (Å²) in [6, 6.07) is 3.65. The Balaban J connectivity index is 2.41. The van der Waals surface area contributed by atoms with Crippen LogP contribution in [0.1, 0.15) is 13.3 Å². The van der Waals surface area contributed by atoms with Crippen LogP contribution in [-0.4, -0.2) is 27.1 Å². The van der Waals surface area contributed by atoms with Crippen molar-refractivity contribution in [2.45, 2.75) is 13.3 Å². The average Bonchev–Trinajstić information content (AvgIpc) is 2.32. The zero-order valence-corrected chi connectivity index (χ0v) is 10.1. The highest BCUT2D eigenvalue weighted by Gasteiger charge is 2.04.